The predicted molar refractivity (Wildman–Crippen MR) is 61.3 cm³/mol. The summed E-state index contributed by atoms with van der Waals surface area (Å²) in [6.45, 7) is 0.865. The number of hydrogen-bond acceptors (Lipinski definition) is 2. The van der Waals surface area contributed by atoms with Crippen LogP contribution in [-0.2, 0) is 4.79 Å². The van der Waals surface area contributed by atoms with Crippen molar-refractivity contribution in [3.8, 4) is 0 Å². The number of hydrogen-bond donors (Lipinski definition) is 0. The van der Waals surface area contributed by atoms with Crippen LogP contribution < -0.4 is 0 Å². The molecular formula is C11H13BrN2O. The lowest BCUT2D eigenvalue weighted by Gasteiger charge is -2.32. The van der Waals surface area contributed by atoms with Crippen molar-refractivity contribution in [3.05, 3.63) is 28.5 Å². The summed E-state index contributed by atoms with van der Waals surface area (Å²) in [5, 5.41) is 0. The fourth-order valence-corrected chi connectivity index (χ4v) is 2.26. The highest BCUT2D eigenvalue weighted by Gasteiger charge is 2.22. The van der Waals surface area contributed by atoms with Crippen LogP contribution in [-0.4, -0.2) is 22.8 Å². The second-order valence-electron chi connectivity index (χ2n) is 3.77. The van der Waals surface area contributed by atoms with Gasteiger partial charge in [-0.05, 0) is 46.8 Å². The molecule has 2 heterocycles. The molecule has 1 aromatic rings. The quantitative estimate of drug-likeness (QED) is 0.610. The Labute approximate surface area is 97.6 Å². The number of nitrogens with zero attached hydrogens (tertiary/aromatic N) is 2. The van der Waals surface area contributed by atoms with Gasteiger partial charge in [0, 0.05) is 12.7 Å². The Morgan fingerprint density at radius 1 is 1.47 bits per heavy atom. The third kappa shape index (κ3) is 2.37. The van der Waals surface area contributed by atoms with Crippen LogP contribution in [0.2, 0.25) is 0 Å². The molecule has 1 aliphatic rings. The van der Waals surface area contributed by atoms with Crippen LogP contribution in [0.4, 0.5) is 0 Å². The van der Waals surface area contributed by atoms with E-state index in [1.807, 2.05) is 23.2 Å². The molecule has 0 saturated carbocycles. The van der Waals surface area contributed by atoms with Gasteiger partial charge in [-0.25, -0.2) is 4.98 Å². The van der Waals surface area contributed by atoms with Gasteiger partial charge in [0.05, 0.1) is 6.04 Å². The number of carbonyl (C=O) groups excluding carboxylic acids is 1. The van der Waals surface area contributed by atoms with Crippen LogP contribution in [0.3, 0.4) is 0 Å². The predicted octanol–water partition coefficient (Wildman–Crippen LogP) is 2.53. The monoisotopic (exact) mass is 268 g/mol. The van der Waals surface area contributed by atoms with E-state index in [2.05, 4.69) is 20.9 Å². The SMILES string of the molecule is O=CN1CCCCC1c1ccc(Br)nc1. The Hall–Kier alpha value is -0.900. The maximum atomic E-state index is 10.9. The fourth-order valence-electron chi connectivity index (χ4n) is 2.02. The zero-order valence-electron chi connectivity index (χ0n) is 8.40. The lowest BCUT2D eigenvalue weighted by molar-refractivity contribution is -0.121. The molecule has 0 bridgehead atoms. The number of amides is 1. The average molecular weight is 269 g/mol. The van der Waals surface area contributed by atoms with E-state index in [9.17, 15) is 4.79 Å². The molecule has 1 fully saturated rings. The van der Waals surface area contributed by atoms with Gasteiger partial charge in [0.15, 0.2) is 0 Å². The van der Waals surface area contributed by atoms with Crippen LogP contribution in [0.5, 0.6) is 0 Å². The lowest BCUT2D eigenvalue weighted by Crippen LogP contribution is -2.32. The van der Waals surface area contributed by atoms with E-state index in [0.29, 0.717) is 0 Å². The number of aromatic nitrogens is 1. The summed E-state index contributed by atoms with van der Waals surface area (Å²) in [7, 11) is 0. The van der Waals surface area contributed by atoms with Crippen molar-refractivity contribution < 1.29 is 4.79 Å². The summed E-state index contributed by atoms with van der Waals surface area (Å²) in [6.07, 6.45) is 6.13. The number of piperidine rings is 1. The maximum Gasteiger partial charge on any atom is 0.210 e. The molecule has 1 aromatic heterocycles. The van der Waals surface area contributed by atoms with Gasteiger partial charge in [0.2, 0.25) is 6.41 Å². The minimum absolute atomic E-state index is 0.219. The van der Waals surface area contributed by atoms with Crippen LogP contribution >= 0.6 is 15.9 Å². The second kappa shape index (κ2) is 4.75. The summed E-state index contributed by atoms with van der Waals surface area (Å²) in [5.74, 6) is 0. The van der Waals surface area contributed by atoms with Crippen molar-refractivity contribution >= 4 is 22.3 Å². The molecule has 1 saturated heterocycles. The van der Waals surface area contributed by atoms with Crippen LogP contribution in [0.15, 0.2) is 22.9 Å². The first-order chi connectivity index (χ1) is 7.31. The van der Waals surface area contributed by atoms with E-state index >= 15 is 0 Å². The third-order valence-corrected chi connectivity index (χ3v) is 3.28. The average Bonchev–Trinajstić information content (AvgIpc) is 2.30. The Balaban J connectivity index is 2.20. The Bertz CT molecular complexity index is 339. The highest BCUT2D eigenvalue weighted by atomic mass is 79.9. The smallest absolute Gasteiger partial charge is 0.210 e. The van der Waals surface area contributed by atoms with E-state index in [1.165, 1.54) is 6.42 Å². The number of likely N-dealkylation sites (tertiary alicyclic amines) is 1. The van der Waals surface area contributed by atoms with E-state index in [0.717, 1.165) is 36.0 Å². The first kappa shape index (κ1) is 10.6. The topological polar surface area (TPSA) is 33.2 Å². The molecule has 80 valence electrons. The van der Waals surface area contributed by atoms with Gasteiger partial charge in [-0.2, -0.15) is 0 Å². The molecule has 3 nitrogen and oxygen atoms in total. The Kier molecular flexibility index (Phi) is 3.36. The molecule has 0 N–H and O–H groups in total. The first-order valence-electron chi connectivity index (χ1n) is 5.14. The van der Waals surface area contributed by atoms with Gasteiger partial charge in [-0.3, -0.25) is 4.79 Å². The van der Waals surface area contributed by atoms with E-state index in [4.69, 9.17) is 0 Å². The van der Waals surface area contributed by atoms with Gasteiger partial charge >= 0.3 is 0 Å². The molecule has 2 rings (SSSR count). The highest BCUT2D eigenvalue weighted by Crippen LogP contribution is 2.29. The van der Waals surface area contributed by atoms with Crippen molar-refractivity contribution in [2.45, 2.75) is 25.3 Å². The molecule has 0 spiro atoms. The van der Waals surface area contributed by atoms with E-state index in [1.54, 1.807) is 0 Å². The molecule has 4 heteroatoms. The second-order valence-corrected chi connectivity index (χ2v) is 4.58. The largest absolute Gasteiger partial charge is 0.338 e. The van der Waals surface area contributed by atoms with Gasteiger partial charge in [0.25, 0.3) is 0 Å². The zero-order valence-corrected chi connectivity index (χ0v) is 9.98. The van der Waals surface area contributed by atoms with Gasteiger partial charge < -0.3 is 4.90 Å². The minimum Gasteiger partial charge on any atom is -0.338 e. The summed E-state index contributed by atoms with van der Waals surface area (Å²) >= 11 is 3.31. The van der Waals surface area contributed by atoms with Crippen molar-refractivity contribution in [3.63, 3.8) is 0 Å². The standard InChI is InChI=1S/C11H13BrN2O/c12-11-5-4-9(7-13-11)10-3-1-2-6-14(10)8-15/h4-5,7-8,10H,1-3,6H2. The zero-order chi connectivity index (χ0) is 10.7. The van der Waals surface area contributed by atoms with Crippen molar-refractivity contribution in [1.29, 1.82) is 0 Å². The number of pyridine rings is 1. The van der Waals surface area contributed by atoms with Gasteiger partial charge in [-0.1, -0.05) is 6.07 Å². The van der Waals surface area contributed by atoms with Crippen LogP contribution in [0.1, 0.15) is 30.9 Å². The Morgan fingerprint density at radius 2 is 2.33 bits per heavy atom. The molecule has 1 aliphatic heterocycles. The lowest BCUT2D eigenvalue weighted by atomic mass is 9.97. The highest BCUT2D eigenvalue weighted by molar-refractivity contribution is 9.10. The molecular weight excluding hydrogens is 256 g/mol. The summed E-state index contributed by atoms with van der Waals surface area (Å²) in [5.41, 5.74) is 1.13. The molecule has 0 radical (unpaired) electrons. The molecule has 1 amide bonds. The molecule has 0 aromatic carbocycles. The van der Waals surface area contributed by atoms with Crippen LogP contribution in [0.25, 0.3) is 0 Å². The number of rotatable bonds is 2. The van der Waals surface area contributed by atoms with Crippen molar-refractivity contribution in [1.82, 2.24) is 9.88 Å². The van der Waals surface area contributed by atoms with Gasteiger partial charge in [0.1, 0.15) is 4.60 Å². The van der Waals surface area contributed by atoms with Crippen LogP contribution in [0, 0.1) is 0 Å². The first-order valence-corrected chi connectivity index (χ1v) is 5.93. The molecule has 1 unspecified atom stereocenters. The number of carbonyl (C=O) groups is 1. The number of halogens is 1. The van der Waals surface area contributed by atoms with Crippen molar-refractivity contribution in [2.24, 2.45) is 0 Å². The summed E-state index contributed by atoms with van der Waals surface area (Å²) in [4.78, 5) is 17.0. The summed E-state index contributed by atoms with van der Waals surface area (Å²) in [6, 6.07) is 4.17. The van der Waals surface area contributed by atoms with E-state index in [-0.39, 0.29) is 6.04 Å². The normalized spacial score (nSPS) is 21.4. The third-order valence-electron chi connectivity index (χ3n) is 2.81. The minimum atomic E-state index is 0.219. The fraction of sp³-hybridized carbons (Fsp3) is 0.455. The molecule has 15 heavy (non-hydrogen) atoms. The van der Waals surface area contributed by atoms with Crippen molar-refractivity contribution in [2.75, 3.05) is 6.54 Å². The maximum absolute atomic E-state index is 10.9. The summed E-state index contributed by atoms with van der Waals surface area (Å²) < 4.78 is 0.833. The Morgan fingerprint density at radius 3 is 3.00 bits per heavy atom. The molecule has 1 atom stereocenters. The molecule has 0 aliphatic carbocycles. The van der Waals surface area contributed by atoms with Gasteiger partial charge in [-0.15, -0.1) is 0 Å². The van der Waals surface area contributed by atoms with E-state index < -0.39 is 0 Å².